The SMILES string of the molecule is Cc1cc([N+](=O)[O-])c(Cl)cc1N1CC(CS(=O)(=O)Cl)CC1=O. The first-order valence-corrected chi connectivity index (χ1v) is 9.11. The monoisotopic (exact) mass is 366 g/mol. The van der Waals surface area contributed by atoms with Gasteiger partial charge in [-0.05, 0) is 18.6 Å². The van der Waals surface area contributed by atoms with Gasteiger partial charge in [-0.3, -0.25) is 14.9 Å². The Balaban J connectivity index is 2.31. The third kappa shape index (κ3) is 3.68. The molecule has 1 amide bonds. The van der Waals surface area contributed by atoms with Crippen molar-refractivity contribution < 1.29 is 18.1 Å². The third-order valence-corrected chi connectivity index (χ3v) is 4.94. The summed E-state index contributed by atoms with van der Waals surface area (Å²) in [6, 6.07) is 2.64. The van der Waals surface area contributed by atoms with E-state index in [2.05, 4.69) is 0 Å². The van der Waals surface area contributed by atoms with Crippen molar-refractivity contribution >= 4 is 48.6 Å². The fraction of sp³-hybridized carbons (Fsp3) is 0.417. The van der Waals surface area contributed by atoms with Gasteiger partial charge >= 0.3 is 0 Å². The molecule has 1 saturated heterocycles. The van der Waals surface area contributed by atoms with E-state index >= 15 is 0 Å². The maximum absolute atomic E-state index is 12.1. The van der Waals surface area contributed by atoms with Gasteiger partial charge in [0.05, 0.1) is 10.7 Å². The van der Waals surface area contributed by atoms with E-state index in [0.29, 0.717) is 11.3 Å². The highest BCUT2D eigenvalue weighted by atomic mass is 35.7. The number of amides is 1. The van der Waals surface area contributed by atoms with Gasteiger partial charge in [0.15, 0.2) is 0 Å². The summed E-state index contributed by atoms with van der Waals surface area (Å²) < 4.78 is 22.2. The van der Waals surface area contributed by atoms with Crippen LogP contribution >= 0.6 is 22.3 Å². The molecule has 1 unspecified atom stereocenters. The largest absolute Gasteiger partial charge is 0.312 e. The molecular formula is C12H12Cl2N2O5S. The number of halogens is 2. The van der Waals surface area contributed by atoms with Crippen molar-refractivity contribution in [2.45, 2.75) is 13.3 Å². The molecule has 22 heavy (non-hydrogen) atoms. The molecule has 1 aliphatic heterocycles. The number of anilines is 1. The molecule has 7 nitrogen and oxygen atoms in total. The van der Waals surface area contributed by atoms with Crippen LogP contribution in [-0.2, 0) is 13.8 Å². The molecule has 120 valence electrons. The lowest BCUT2D eigenvalue weighted by molar-refractivity contribution is -0.384. The normalized spacial score (nSPS) is 18.8. The summed E-state index contributed by atoms with van der Waals surface area (Å²) in [5.74, 6) is -0.974. The zero-order valence-corrected chi connectivity index (χ0v) is 13.8. The van der Waals surface area contributed by atoms with Gasteiger partial charge in [-0.15, -0.1) is 0 Å². The summed E-state index contributed by atoms with van der Waals surface area (Å²) in [5.41, 5.74) is 0.711. The number of nitro benzene ring substituents is 1. The van der Waals surface area contributed by atoms with Crippen LogP contribution in [0.5, 0.6) is 0 Å². The Bertz CT molecular complexity index is 750. The predicted molar refractivity (Wildman–Crippen MR) is 82.9 cm³/mol. The van der Waals surface area contributed by atoms with Crippen molar-refractivity contribution in [1.29, 1.82) is 0 Å². The average Bonchev–Trinajstić information content (AvgIpc) is 2.69. The molecule has 0 aromatic heterocycles. The van der Waals surface area contributed by atoms with Gasteiger partial charge < -0.3 is 4.90 Å². The lowest BCUT2D eigenvalue weighted by atomic mass is 10.1. The average molecular weight is 367 g/mol. The zero-order valence-electron chi connectivity index (χ0n) is 11.5. The summed E-state index contributed by atoms with van der Waals surface area (Å²) >= 11 is 5.87. The number of carbonyl (C=O) groups excluding carboxylic acids is 1. The van der Waals surface area contributed by atoms with Crippen LogP contribution in [0.4, 0.5) is 11.4 Å². The number of nitrogens with zero attached hydrogens (tertiary/aromatic N) is 2. The van der Waals surface area contributed by atoms with Crippen LogP contribution in [0.1, 0.15) is 12.0 Å². The van der Waals surface area contributed by atoms with Crippen molar-refractivity contribution in [3.63, 3.8) is 0 Å². The minimum Gasteiger partial charge on any atom is -0.312 e. The van der Waals surface area contributed by atoms with Crippen molar-refractivity contribution in [1.82, 2.24) is 0 Å². The molecule has 1 heterocycles. The topological polar surface area (TPSA) is 97.6 Å². The molecular weight excluding hydrogens is 355 g/mol. The van der Waals surface area contributed by atoms with Crippen molar-refractivity contribution in [3.8, 4) is 0 Å². The number of rotatable bonds is 4. The number of nitro groups is 1. The van der Waals surface area contributed by atoms with Gasteiger partial charge in [0.25, 0.3) is 5.69 Å². The summed E-state index contributed by atoms with van der Waals surface area (Å²) in [5, 5.41) is 10.8. The van der Waals surface area contributed by atoms with E-state index in [1.807, 2.05) is 0 Å². The molecule has 1 fully saturated rings. The second-order valence-corrected chi connectivity index (χ2v) is 8.36. The van der Waals surface area contributed by atoms with E-state index in [9.17, 15) is 23.3 Å². The number of hydrogen-bond donors (Lipinski definition) is 0. The van der Waals surface area contributed by atoms with Crippen molar-refractivity contribution in [2.75, 3.05) is 17.2 Å². The van der Waals surface area contributed by atoms with E-state index in [-0.39, 0.29) is 35.3 Å². The van der Waals surface area contributed by atoms with Crippen LogP contribution in [0.15, 0.2) is 12.1 Å². The second kappa shape index (κ2) is 6.02. The zero-order chi connectivity index (χ0) is 16.7. The Morgan fingerprint density at radius 3 is 2.64 bits per heavy atom. The van der Waals surface area contributed by atoms with Crippen LogP contribution < -0.4 is 4.90 Å². The van der Waals surface area contributed by atoms with Gasteiger partial charge in [-0.1, -0.05) is 11.6 Å². The quantitative estimate of drug-likeness (QED) is 0.463. The molecule has 10 heteroatoms. The first-order chi connectivity index (χ1) is 10.1. The minimum absolute atomic E-state index is 0.0556. The standard InChI is InChI=1S/C12H12Cl2N2O5S/c1-7-2-11(16(18)19)9(13)4-10(7)15-5-8(3-12(15)17)6-22(14,20)21/h2,4,8H,3,5-6H2,1H3. The third-order valence-electron chi connectivity index (χ3n) is 3.39. The first-order valence-electron chi connectivity index (χ1n) is 6.25. The maximum Gasteiger partial charge on any atom is 0.288 e. The number of benzene rings is 1. The molecule has 0 saturated carbocycles. The maximum atomic E-state index is 12.1. The molecule has 1 aliphatic rings. The van der Waals surface area contributed by atoms with Crippen LogP contribution in [0, 0.1) is 23.0 Å². The molecule has 1 aromatic carbocycles. The van der Waals surface area contributed by atoms with Crippen molar-refractivity contribution in [2.24, 2.45) is 5.92 Å². The van der Waals surface area contributed by atoms with Gasteiger partial charge in [0.1, 0.15) is 5.02 Å². The van der Waals surface area contributed by atoms with E-state index in [1.165, 1.54) is 17.0 Å². The fourth-order valence-electron chi connectivity index (χ4n) is 2.49. The number of hydrogen-bond acceptors (Lipinski definition) is 5. The van der Waals surface area contributed by atoms with E-state index in [4.69, 9.17) is 22.3 Å². The van der Waals surface area contributed by atoms with Crippen molar-refractivity contribution in [3.05, 3.63) is 32.8 Å². The Morgan fingerprint density at radius 2 is 2.09 bits per heavy atom. The Labute approximate surface area is 136 Å². The van der Waals surface area contributed by atoms with Gasteiger partial charge in [0, 0.05) is 41.3 Å². The second-order valence-electron chi connectivity index (χ2n) is 5.13. The summed E-state index contributed by atoms with van der Waals surface area (Å²) in [7, 11) is 1.52. The molecule has 0 radical (unpaired) electrons. The predicted octanol–water partition coefficient (Wildman–Crippen LogP) is 2.48. The summed E-state index contributed by atoms with van der Waals surface area (Å²) in [6.45, 7) is 1.80. The molecule has 0 N–H and O–H groups in total. The highest BCUT2D eigenvalue weighted by molar-refractivity contribution is 8.13. The number of aryl methyl sites for hydroxylation is 1. The molecule has 0 aliphatic carbocycles. The lowest BCUT2D eigenvalue weighted by Gasteiger charge is -2.19. The lowest BCUT2D eigenvalue weighted by Crippen LogP contribution is -2.26. The Hall–Kier alpha value is -1.38. The minimum atomic E-state index is -3.69. The van der Waals surface area contributed by atoms with Crippen LogP contribution in [-0.4, -0.2) is 31.5 Å². The molecule has 0 spiro atoms. The summed E-state index contributed by atoms with van der Waals surface area (Å²) in [6.07, 6.45) is 0.0556. The van der Waals surface area contributed by atoms with Crippen LogP contribution in [0.2, 0.25) is 5.02 Å². The summed E-state index contributed by atoms with van der Waals surface area (Å²) in [4.78, 5) is 23.7. The highest BCUT2D eigenvalue weighted by Gasteiger charge is 2.34. The van der Waals surface area contributed by atoms with Gasteiger partial charge in [-0.2, -0.15) is 0 Å². The van der Waals surface area contributed by atoms with Crippen LogP contribution in [0.3, 0.4) is 0 Å². The van der Waals surface area contributed by atoms with E-state index in [1.54, 1.807) is 6.92 Å². The molecule has 2 rings (SSSR count). The van der Waals surface area contributed by atoms with E-state index in [0.717, 1.165) is 0 Å². The van der Waals surface area contributed by atoms with Gasteiger partial charge in [-0.25, -0.2) is 8.42 Å². The molecule has 0 bridgehead atoms. The van der Waals surface area contributed by atoms with Crippen LogP contribution in [0.25, 0.3) is 0 Å². The number of carbonyl (C=O) groups is 1. The smallest absolute Gasteiger partial charge is 0.288 e. The molecule has 1 aromatic rings. The highest BCUT2D eigenvalue weighted by Crippen LogP contribution is 2.35. The Kier molecular flexibility index (Phi) is 4.65. The Morgan fingerprint density at radius 1 is 1.45 bits per heavy atom. The first kappa shape index (κ1) is 17.0. The van der Waals surface area contributed by atoms with E-state index < -0.39 is 19.9 Å². The molecule has 1 atom stereocenters. The fourth-order valence-corrected chi connectivity index (χ4v) is 4.04. The van der Waals surface area contributed by atoms with Gasteiger partial charge in [0.2, 0.25) is 15.0 Å².